The maximum absolute atomic E-state index is 5.94. The lowest BCUT2D eigenvalue weighted by Crippen LogP contribution is -2.17. The van der Waals surface area contributed by atoms with E-state index in [-0.39, 0.29) is 6.04 Å². The van der Waals surface area contributed by atoms with Crippen LogP contribution in [0.4, 0.5) is 0 Å². The van der Waals surface area contributed by atoms with E-state index in [0.717, 1.165) is 17.3 Å². The number of rotatable bonds is 4. The molecule has 3 heteroatoms. The van der Waals surface area contributed by atoms with Crippen LogP contribution in [0.5, 0.6) is 0 Å². The van der Waals surface area contributed by atoms with Gasteiger partial charge in [0.25, 0.3) is 0 Å². The van der Waals surface area contributed by atoms with E-state index in [1.165, 1.54) is 5.56 Å². The molecule has 1 atom stereocenters. The van der Waals surface area contributed by atoms with Gasteiger partial charge < -0.3 is 9.73 Å². The molecule has 2 rings (SSSR count). The number of hydrogen-bond donors (Lipinski definition) is 1. The lowest BCUT2D eigenvalue weighted by molar-refractivity contribution is 0.460. The largest absolute Gasteiger partial charge is 0.468 e. The Kier molecular flexibility index (Phi) is 3.65. The van der Waals surface area contributed by atoms with Gasteiger partial charge in [-0.15, -0.1) is 0 Å². The SMILES string of the molecule is C[C@@H](NCc1ccco1)c1cccc(Cl)c1. The fraction of sp³-hybridized carbons (Fsp3) is 0.231. The van der Waals surface area contributed by atoms with Gasteiger partial charge in [-0.3, -0.25) is 0 Å². The zero-order chi connectivity index (χ0) is 11.4. The summed E-state index contributed by atoms with van der Waals surface area (Å²) in [5.41, 5.74) is 1.18. The van der Waals surface area contributed by atoms with Crippen molar-refractivity contribution in [1.29, 1.82) is 0 Å². The van der Waals surface area contributed by atoms with Crippen molar-refractivity contribution in [2.45, 2.75) is 19.5 Å². The van der Waals surface area contributed by atoms with Crippen molar-refractivity contribution >= 4 is 11.6 Å². The molecule has 1 heterocycles. The molecule has 0 bridgehead atoms. The summed E-state index contributed by atoms with van der Waals surface area (Å²) < 4.78 is 5.25. The van der Waals surface area contributed by atoms with Crippen LogP contribution in [-0.4, -0.2) is 0 Å². The highest BCUT2D eigenvalue weighted by molar-refractivity contribution is 6.30. The predicted molar refractivity (Wildman–Crippen MR) is 65.4 cm³/mol. The summed E-state index contributed by atoms with van der Waals surface area (Å²) in [5.74, 6) is 0.939. The quantitative estimate of drug-likeness (QED) is 0.873. The van der Waals surface area contributed by atoms with Gasteiger partial charge in [-0.25, -0.2) is 0 Å². The molecule has 1 aromatic heterocycles. The van der Waals surface area contributed by atoms with E-state index in [2.05, 4.69) is 18.3 Å². The molecule has 2 aromatic rings. The zero-order valence-corrected chi connectivity index (χ0v) is 9.87. The molecule has 84 valence electrons. The van der Waals surface area contributed by atoms with Crippen molar-refractivity contribution in [3.05, 3.63) is 59.0 Å². The van der Waals surface area contributed by atoms with E-state index in [1.54, 1.807) is 6.26 Å². The van der Waals surface area contributed by atoms with Gasteiger partial charge >= 0.3 is 0 Å². The van der Waals surface area contributed by atoms with Crippen LogP contribution in [-0.2, 0) is 6.54 Å². The maximum Gasteiger partial charge on any atom is 0.117 e. The van der Waals surface area contributed by atoms with Gasteiger partial charge in [-0.2, -0.15) is 0 Å². The van der Waals surface area contributed by atoms with Gasteiger partial charge in [0.2, 0.25) is 0 Å². The van der Waals surface area contributed by atoms with Crippen molar-refractivity contribution in [2.24, 2.45) is 0 Å². The van der Waals surface area contributed by atoms with Gasteiger partial charge in [0.15, 0.2) is 0 Å². The summed E-state index contributed by atoms with van der Waals surface area (Å²) in [6, 6.07) is 12.0. The topological polar surface area (TPSA) is 25.2 Å². The summed E-state index contributed by atoms with van der Waals surface area (Å²) in [7, 11) is 0. The van der Waals surface area contributed by atoms with E-state index in [9.17, 15) is 0 Å². The second-order valence-electron chi connectivity index (χ2n) is 3.74. The highest BCUT2D eigenvalue weighted by Gasteiger charge is 2.05. The van der Waals surface area contributed by atoms with Gasteiger partial charge in [0, 0.05) is 11.1 Å². The molecule has 0 spiro atoms. The maximum atomic E-state index is 5.94. The van der Waals surface area contributed by atoms with Crippen LogP contribution in [0.3, 0.4) is 0 Å². The third kappa shape index (κ3) is 2.87. The van der Waals surface area contributed by atoms with Crippen LogP contribution in [0.15, 0.2) is 47.1 Å². The van der Waals surface area contributed by atoms with Gasteiger partial charge in [0.1, 0.15) is 5.76 Å². The zero-order valence-electron chi connectivity index (χ0n) is 9.11. The van der Waals surface area contributed by atoms with E-state index >= 15 is 0 Å². The first-order valence-corrected chi connectivity index (χ1v) is 5.65. The molecule has 0 radical (unpaired) electrons. The first-order chi connectivity index (χ1) is 7.75. The first kappa shape index (κ1) is 11.2. The third-order valence-corrected chi connectivity index (χ3v) is 2.75. The van der Waals surface area contributed by atoms with Gasteiger partial charge in [0.05, 0.1) is 12.8 Å². The van der Waals surface area contributed by atoms with Crippen molar-refractivity contribution < 1.29 is 4.42 Å². The second kappa shape index (κ2) is 5.19. The van der Waals surface area contributed by atoms with Crippen molar-refractivity contribution in [3.63, 3.8) is 0 Å². The van der Waals surface area contributed by atoms with Crippen LogP contribution >= 0.6 is 11.6 Å². The summed E-state index contributed by atoms with van der Waals surface area (Å²) in [6.45, 7) is 2.83. The van der Waals surface area contributed by atoms with Crippen molar-refractivity contribution in [3.8, 4) is 0 Å². The number of benzene rings is 1. The smallest absolute Gasteiger partial charge is 0.117 e. The summed E-state index contributed by atoms with van der Waals surface area (Å²) in [4.78, 5) is 0. The second-order valence-corrected chi connectivity index (χ2v) is 4.17. The predicted octanol–water partition coefficient (Wildman–Crippen LogP) is 3.78. The molecule has 2 nitrogen and oxygen atoms in total. The Morgan fingerprint density at radius 2 is 2.19 bits per heavy atom. The normalized spacial score (nSPS) is 12.6. The average molecular weight is 236 g/mol. The molecule has 1 aromatic carbocycles. The molecule has 0 saturated carbocycles. The Morgan fingerprint density at radius 3 is 2.88 bits per heavy atom. The highest BCUT2D eigenvalue weighted by atomic mass is 35.5. The molecular weight excluding hydrogens is 222 g/mol. The molecular formula is C13H14ClNO. The fourth-order valence-electron chi connectivity index (χ4n) is 1.56. The van der Waals surface area contributed by atoms with E-state index in [4.69, 9.17) is 16.0 Å². The fourth-order valence-corrected chi connectivity index (χ4v) is 1.76. The van der Waals surface area contributed by atoms with Crippen molar-refractivity contribution in [1.82, 2.24) is 5.32 Å². The Balaban J connectivity index is 1.95. The van der Waals surface area contributed by atoms with Crippen molar-refractivity contribution in [2.75, 3.05) is 0 Å². The summed E-state index contributed by atoms with van der Waals surface area (Å²) in [5, 5.41) is 4.14. The van der Waals surface area contributed by atoms with E-state index in [0.29, 0.717) is 0 Å². The number of hydrogen-bond acceptors (Lipinski definition) is 2. The molecule has 0 saturated heterocycles. The minimum absolute atomic E-state index is 0.254. The molecule has 0 aliphatic rings. The molecule has 1 N–H and O–H groups in total. The van der Waals surface area contributed by atoms with Crippen LogP contribution in [0.2, 0.25) is 5.02 Å². The molecule has 0 unspecified atom stereocenters. The minimum atomic E-state index is 0.254. The highest BCUT2D eigenvalue weighted by Crippen LogP contribution is 2.17. The van der Waals surface area contributed by atoms with Crippen LogP contribution in [0, 0.1) is 0 Å². The first-order valence-electron chi connectivity index (χ1n) is 5.27. The average Bonchev–Trinajstić information content (AvgIpc) is 2.78. The Morgan fingerprint density at radius 1 is 1.31 bits per heavy atom. The lowest BCUT2D eigenvalue weighted by Gasteiger charge is -2.13. The molecule has 0 aliphatic heterocycles. The number of halogens is 1. The molecule has 16 heavy (non-hydrogen) atoms. The van der Waals surface area contributed by atoms with Crippen LogP contribution < -0.4 is 5.32 Å². The Bertz CT molecular complexity index is 439. The Labute approximate surface area is 100 Å². The van der Waals surface area contributed by atoms with E-state index < -0.39 is 0 Å². The minimum Gasteiger partial charge on any atom is -0.468 e. The third-order valence-electron chi connectivity index (χ3n) is 2.51. The standard InChI is InChI=1S/C13H14ClNO/c1-10(11-4-2-5-12(14)8-11)15-9-13-6-3-7-16-13/h2-8,10,15H,9H2,1H3/t10-/m1/s1. The molecule has 0 fully saturated rings. The lowest BCUT2D eigenvalue weighted by atomic mass is 10.1. The Hall–Kier alpha value is -1.25. The van der Waals surface area contributed by atoms with Crippen LogP contribution in [0.25, 0.3) is 0 Å². The monoisotopic (exact) mass is 235 g/mol. The number of furan rings is 1. The molecule has 0 aliphatic carbocycles. The summed E-state index contributed by atoms with van der Waals surface area (Å²) >= 11 is 5.94. The number of nitrogens with one attached hydrogen (secondary N) is 1. The van der Waals surface area contributed by atoms with Gasteiger partial charge in [-0.1, -0.05) is 23.7 Å². The van der Waals surface area contributed by atoms with Gasteiger partial charge in [-0.05, 0) is 36.8 Å². The van der Waals surface area contributed by atoms with E-state index in [1.807, 2.05) is 30.3 Å². The molecule has 0 amide bonds. The van der Waals surface area contributed by atoms with Crippen LogP contribution in [0.1, 0.15) is 24.3 Å². The summed E-state index contributed by atoms with van der Waals surface area (Å²) in [6.07, 6.45) is 1.68.